The molecular formula is C38H32N4O3Pd. The van der Waals surface area contributed by atoms with Gasteiger partial charge in [0, 0.05) is 34.5 Å². The van der Waals surface area contributed by atoms with Crippen LogP contribution in [0.15, 0.2) is 85.1 Å². The summed E-state index contributed by atoms with van der Waals surface area (Å²) in [5.74, 6) is 3.47. The third-order valence-corrected chi connectivity index (χ3v) is 8.17. The van der Waals surface area contributed by atoms with Gasteiger partial charge >= 0.3 is 20.4 Å². The molecule has 0 unspecified atom stereocenters. The molecule has 0 fully saturated rings. The van der Waals surface area contributed by atoms with Crippen molar-refractivity contribution in [3.05, 3.63) is 120 Å². The Morgan fingerprint density at radius 1 is 0.739 bits per heavy atom. The summed E-state index contributed by atoms with van der Waals surface area (Å²) < 4.78 is 22.0. The Labute approximate surface area is 282 Å². The number of aryl methyl sites for hydroxylation is 3. The van der Waals surface area contributed by atoms with Crippen LogP contribution in [0.1, 0.15) is 22.5 Å². The number of ether oxygens (including phenoxy) is 3. The second kappa shape index (κ2) is 12.5. The number of hydrogen-bond donors (Lipinski definition) is 0. The van der Waals surface area contributed by atoms with Crippen molar-refractivity contribution in [3.8, 4) is 45.6 Å². The van der Waals surface area contributed by atoms with Gasteiger partial charge in [0.25, 0.3) is 0 Å². The van der Waals surface area contributed by atoms with E-state index < -0.39 is 0 Å². The van der Waals surface area contributed by atoms with E-state index in [4.69, 9.17) is 19.3 Å². The van der Waals surface area contributed by atoms with Crippen molar-refractivity contribution in [3.63, 3.8) is 0 Å². The van der Waals surface area contributed by atoms with Crippen LogP contribution in [0.2, 0.25) is 0 Å². The van der Waals surface area contributed by atoms with Crippen molar-refractivity contribution in [2.75, 3.05) is 14.2 Å². The van der Waals surface area contributed by atoms with Crippen molar-refractivity contribution in [1.29, 1.82) is 0 Å². The Hall–Kier alpha value is -4.90. The van der Waals surface area contributed by atoms with Gasteiger partial charge in [-0.15, -0.1) is 35.7 Å². The van der Waals surface area contributed by atoms with Gasteiger partial charge < -0.3 is 18.8 Å². The molecule has 3 aromatic heterocycles. The molecule has 0 spiro atoms. The summed E-state index contributed by atoms with van der Waals surface area (Å²) >= 11 is 0. The average Bonchev–Trinajstić information content (AvgIpc) is 3.53. The molecule has 0 aliphatic carbocycles. The number of rotatable bonds is 7. The topological polar surface area (TPSA) is 63.3 Å². The van der Waals surface area contributed by atoms with Gasteiger partial charge in [-0.3, -0.25) is 4.68 Å². The predicted molar refractivity (Wildman–Crippen MR) is 177 cm³/mol. The molecule has 0 saturated heterocycles. The van der Waals surface area contributed by atoms with Gasteiger partial charge in [0.1, 0.15) is 17.3 Å². The Bertz CT molecular complexity index is 2230. The fourth-order valence-corrected chi connectivity index (χ4v) is 6.13. The second-order valence-corrected chi connectivity index (χ2v) is 11.1. The smallest absolute Gasteiger partial charge is 0.509 e. The molecule has 0 N–H and O–H groups in total. The zero-order valence-electron chi connectivity index (χ0n) is 26.4. The molecule has 7 nitrogen and oxygen atoms in total. The maximum absolute atomic E-state index is 6.38. The summed E-state index contributed by atoms with van der Waals surface area (Å²) in [6, 6.07) is 33.1. The first kappa shape index (κ1) is 31.1. The van der Waals surface area contributed by atoms with Crippen molar-refractivity contribution in [2.45, 2.75) is 27.7 Å². The van der Waals surface area contributed by atoms with E-state index in [0.717, 1.165) is 78.5 Å². The van der Waals surface area contributed by atoms with Crippen LogP contribution in [0.25, 0.3) is 44.4 Å². The molecule has 0 aliphatic rings. The maximum Gasteiger partial charge on any atom is 2.00 e. The number of hydrogen-bond acceptors (Lipinski definition) is 5. The van der Waals surface area contributed by atoms with Gasteiger partial charge in [-0.2, -0.15) is 17.2 Å². The quantitative estimate of drug-likeness (QED) is 0.123. The van der Waals surface area contributed by atoms with Crippen LogP contribution in [0, 0.1) is 39.8 Å². The van der Waals surface area contributed by atoms with E-state index in [-0.39, 0.29) is 20.4 Å². The van der Waals surface area contributed by atoms with E-state index in [1.54, 1.807) is 14.2 Å². The van der Waals surface area contributed by atoms with E-state index in [9.17, 15) is 0 Å². The molecule has 0 bridgehead atoms. The van der Waals surface area contributed by atoms with Gasteiger partial charge in [0.05, 0.1) is 25.5 Å². The molecule has 4 aromatic carbocycles. The Morgan fingerprint density at radius 2 is 1.54 bits per heavy atom. The number of fused-ring (bicyclic) bond motifs is 3. The summed E-state index contributed by atoms with van der Waals surface area (Å²) in [4.78, 5) is 4.68. The summed E-state index contributed by atoms with van der Waals surface area (Å²) in [5, 5.41) is 7.12. The van der Waals surface area contributed by atoms with Crippen molar-refractivity contribution in [2.24, 2.45) is 0 Å². The van der Waals surface area contributed by atoms with Crippen LogP contribution in [-0.4, -0.2) is 33.6 Å². The summed E-state index contributed by atoms with van der Waals surface area (Å²) in [6.45, 7) is 8.13. The zero-order chi connectivity index (χ0) is 31.2. The monoisotopic (exact) mass is 698 g/mol. The minimum absolute atomic E-state index is 0. The van der Waals surface area contributed by atoms with Crippen LogP contribution in [-0.2, 0) is 20.4 Å². The van der Waals surface area contributed by atoms with Crippen LogP contribution in [0.3, 0.4) is 0 Å². The Balaban J connectivity index is 0.00000372. The number of pyridine rings is 1. The van der Waals surface area contributed by atoms with E-state index in [1.807, 2.05) is 80.2 Å². The molecule has 0 saturated carbocycles. The van der Waals surface area contributed by atoms with E-state index in [1.165, 1.54) is 0 Å². The molecule has 0 aliphatic heterocycles. The average molecular weight is 699 g/mol. The Kier molecular flexibility index (Phi) is 8.44. The van der Waals surface area contributed by atoms with E-state index in [0.29, 0.717) is 11.5 Å². The van der Waals surface area contributed by atoms with Gasteiger partial charge in [-0.05, 0) is 74.2 Å². The van der Waals surface area contributed by atoms with Gasteiger partial charge in [0.15, 0.2) is 0 Å². The predicted octanol–water partition coefficient (Wildman–Crippen LogP) is 8.67. The largest absolute Gasteiger partial charge is 2.00 e. The number of nitrogens with zero attached hydrogens (tertiary/aromatic N) is 4. The van der Waals surface area contributed by atoms with Crippen LogP contribution >= 0.6 is 0 Å². The van der Waals surface area contributed by atoms with E-state index >= 15 is 0 Å². The maximum atomic E-state index is 6.38. The third kappa shape index (κ3) is 5.24. The molecule has 7 aromatic rings. The number of methoxy groups -OCH3 is 2. The first-order chi connectivity index (χ1) is 21.9. The normalized spacial score (nSPS) is 11.1. The first-order valence-electron chi connectivity index (χ1n) is 14.7. The van der Waals surface area contributed by atoms with Crippen molar-refractivity contribution >= 4 is 21.8 Å². The minimum atomic E-state index is 0. The summed E-state index contributed by atoms with van der Waals surface area (Å²) in [6.07, 6.45) is 1.83. The van der Waals surface area contributed by atoms with Crippen LogP contribution < -0.4 is 14.2 Å². The molecule has 232 valence electrons. The summed E-state index contributed by atoms with van der Waals surface area (Å²) in [5.41, 5.74) is 8.50. The van der Waals surface area contributed by atoms with Gasteiger partial charge in [-0.1, -0.05) is 29.8 Å². The van der Waals surface area contributed by atoms with Gasteiger partial charge in [-0.25, -0.2) is 4.98 Å². The van der Waals surface area contributed by atoms with Crippen LogP contribution in [0.5, 0.6) is 23.0 Å². The molecule has 8 heteroatoms. The minimum Gasteiger partial charge on any atom is -0.509 e. The van der Waals surface area contributed by atoms with Crippen LogP contribution in [0.4, 0.5) is 0 Å². The zero-order valence-corrected chi connectivity index (χ0v) is 28.0. The number of aromatic nitrogens is 4. The fourth-order valence-electron chi connectivity index (χ4n) is 6.13. The molecule has 0 amide bonds. The van der Waals surface area contributed by atoms with Crippen molar-refractivity contribution in [1.82, 2.24) is 19.3 Å². The Morgan fingerprint density at radius 3 is 2.33 bits per heavy atom. The first-order valence-corrected chi connectivity index (χ1v) is 14.7. The standard InChI is InChI=1S/C38H32N4O3.Pd/c1-23-18-19-39-35(20-23)41-32-13-8-7-12-30(32)31-16-15-29(22-33(31)41)45-28-11-9-10-27(21-28)42-26(4)36(25(3)40-42)37-34(43-5)17-14-24(2)38(37)44-6;/h7-20H,1-6H3;/q-2;+2. The van der Waals surface area contributed by atoms with E-state index in [2.05, 4.69) is 58.9 Å². The van der Waals surface area contributed by atoms with Crippen molar-refractivity contribution < 1.29 is 34.6 Å². The molecule has 0 atom stereocenters. The number of para-hydroxylation sites is 1. The fraction of sp³-hybridized carbons (Fsp3) is 0.158. The molecule has 0 radical (unpaired) electrons. The number of benzene rings is 4. The SMILES string of the molecule is COc1ccc(C)c(OC)c1-c1c(C)nn(-c2[c-]c(Oc3[c-]c4c(cc3)c3ccccc3n4-c3cc(C)ccn3)ccc2)c1C.[Pd+2]. The molecular weight excluding hydrogens is 667 g/mol. The second-order valence-electron chi connectivity index (χ2n) is 11.1. The third-order valence-electron chi connectivity index (χ3n) is 8.17. The molecule has 7 rings (SSSR count). The summed E-state index contributed by atoms with van der Waals surface area (Å²) in [7, 11) is 3.35. The molecule has 46 heavy (non-hydrogen) atoms. The van der Waals surface area contributed by atoms with Gasteiger partial charge in [0.2, 0.25) is 0 Å². The molecule has 3 heterocycles.